The number of aromatic nitrogens is 1. The molecule has 2 heterocycles. The fourth-order valence-corrected chi connectivity index (χ4v) is 2.80. The van der Waals surface area contributed by atoms with E-state index in [2.05, 4.69) is 10.3 Å². The van der Waals surface area contributed by atoms with Crippen molar-refractivity contribution < 1.29 is 9.59 Å². The van der Waals surface area contributed by atoms with E-state index in [9.17, 15) is 9.59 Å². The fraction of sp³-hybridized carbons (Fsp3) is 0.545. The van der Waals surface area contributed by atoms with Crippen molar-refractivity contribution >= 4 is 23.2 Å². The lowest BCUT2D eigenvalue weighted by atomic mass is 10.2. The third-order valence-corrected chi connectivity index (χ3v) is 3.92. The maximum absolute atomic E-state index is 12.3. The Bertz CT molecular complexity index is 469. The second-order valence-corrected chi connectivity index (χ2v) is 5.32. The van der Waals surface area contributed by atoms with Crippen LogP contribution in [0.1, 0.15) is 27.3 Å². The first-order valence-electron chi connectivity index (χ1n) is 5.53. The van der Waals surface area contributed by atoms with Crippen molar-refractivity contribution in [3.05, 3.63) is 15.6 Å². The molecule has 5 nitrogen and oxygen atoms in total. The molecule has 1 unspecified atom stereocenters. The number of nitrogens with zero attached hydrogens (tertiary/aromatic N) is 2. The highest BCUT2D eigenvalue weighted by molar-refractivity contribution is 7.13. The summed E-state index contributed by atoms with van der Waals surface area (Å²) in [6.07, 6.45) is 0. The van der Waals surface area contributed by atoms with Gasteiger partial charge >= 0.3 is 0 Å². The molecule has 0 spiro atoms. The number of carbonyl (C=O) groups excluding carboxylic acids is 2. The van der Waals surface area contributed by atoms with Crippen LogP contribution in [0.15, 0.2) is 0 Å². The zero-order chi connectivity index (χ0) is 12.6. The quantitative estimate of drug-likeness (QED) is 0.802. The number of nitrogens with one attached hydrogen (secondary N) is 1. The lowest BCUT2D eigenvalue weighted by Gasteiger charge is -2.32. The predicted molar refractivity (Wildman–Crippen MR) is 65.1 cm³/mol. The van der Waals surface area contributed by atoms with Gasteiger partial charge in [0.1, 0.15) is 10.9 Å². The monoisotopic (exact) mass is 253 g/mol. The molecule has 1 aliphatic heterocycles. The molecule has 1 fully saturated rings. The predicted octanol–water partition coefficient (Wildman–Crippen LogP) is 0.720. The highest BCUT2D eigenvalue weighted by Crippen LogP contribution is 2.20. The zero-order valence-corrected chi connectivity index (χ0v) is 10.9. The number of carbonyl (C=O) groups is 2. The number of amides is 2. The molecule has 17 heavy (non-hydrogen) atoms. The van der Waals surface area contributed by atoms with Crippen molar-refractivity contribution in [3.63, 3.8) is 0 Å². The normalized spacial score (nSPS) is 20.3. The number of piperazine rings is 1. The molecule has 1 aromatic rings. The van der Waals surface area contributed by atoms with E-state index in [4.69, 9.17) is 0 Å². The van der Waals surface area contributed by atoms with Crippen molar-refractivity contribution in [2.45, 2.75) is 26.8 Å². The summed E-state index contributed by atoms with van der Waals surface area (Å²) < 4.78 is 0. The van der Waals surface area contributed by atoms with Crippen LogP contribution in [-0.4, -0.2) is 40.8 Å². The molecular weight excluding hydrogens is 238 g/mol. The molecule has 1 aromatic heterocycles. The molecule has 0 radical (unpaired) electrons. The minimum absolute atomic E-state index is 0.0875. The van der Waals surface area contributed by atoms with Crippen LogP contribution in [0.2, 0.25) is 0 Å². The van der Waals surface area contributed by atoms with Crippen LogP contribution < -0.4 is 5.32 Å². The summed E-state index contributed by atoms with van der Waals surface area (Å²) in [5, 5.41) is 3.62. The third kappa shape index (κ3) is 2.17. The molecule has 0 aromatic carbocycles. The van der Waals surface area contributed by atoms with Crippen molar-refractivity contribution in [3.8, 4) is 0 Å². The topological polar surface area (TPSA) is 62.3 Å². The van der Waals surface area contributed by atoms with E-state index >= 15 is 0 Å². The van der Waals surface area contributed by atoms with Crippen molar-refractivity contribution in [1.29, 1.82) is 0 Å². The second-order valence-electron chi connectivity index (χ2n) is 4.11. The van der Waals surface area contributed by atoms with Gasteiger partial charge in [-0.25, -0.2) is 4.98 Å². The minimum Gasteiger partial charge on any atom is -0.353 e. The van der Waals surface area contributed by atoms with E-state index in [1.54, 1.807) is 11.8 Å². The summed E-state index contributed by atoms with van der Waals surface area (Å²) in [6, 6.07) is -0.405. The number of hydrogen-bond acceptors (Lipinski definition) is 4. The SMILES string of the molecule is Cc1nc(C)c(C(=O)N2CCNC(=O)C2C)s1. The van der Waals surface area contributed by atoms with Crippen molar-refractivity contribution in [2.24, 2.45) is 0 Å². The van der Waals surface area contributed by atoms with Crippen LogP contribution in [-0.2, 0) is 4.79 Å². The molecule has 92 valence electrons. The van der Waals surface area contributed by atoms with Gasteiger partial charge in [-0.3, -0.25) is 9.59 Å². The highest BCUT2D eigenvalue weighted by Gasteiger charge is 2.31. The average Bonchev–Trinajstić information content (AvgIpc) is 2.61. The van der Waals surface area contributed by atoms with Gasteiger partial charge < -0.3 is 10.2 Å². The van der Waals surface area contributed by atoms with Crippen LogP contribution in [0, 0.1) is 13.8 Å². The van der Waals surface area contributed by atoms with Gasteiger partial charge in [-0.05, 0) is 20.8 Å². The summed E-state index contributed by atoms with van der Waals surface area (Å²) in [7, 11) is 0. The van der Waals surface area contributed by atoms with Gasteiger partial charge in [0.15, 0.2) is 0 Å². The molecule has 0 bridgehead atoms. The Morgan fingerprint density at radius 2 is 2.24 bits per heavy atom. The first-order valence-corrected chi connectivity index (χ1v) is 6.35. The molecule has 1 saturated heterocycles. The average molecular weight is 253 g/mol. The lowest BCUT2D eigenvalue weighted by molar-refractivity contribution is -0.127. The van der Waals surface area contributed by atoms with E-state index in [0.717, 1.165) is 10.7 Å². The zero-order valence-electron chi connectivity index (χ0n) is 10.1. The van der Waals surface area contributed by atoms with Gasteiger partial charge in [-0.1, -0.05) is 0 Å². The Morgan fingerprint density at radius 1 is 1.53 bits per heavy atom. The smallest absolute Gasteiger partial charge is 0.266 e. The molecule has 2 amide bonds. The number of hydrogen-bond donors (Lipinski definition) is 1. The van der Waals surface area contributed by atoms with Gasteiger partial charge in [0, 0.05) is 13.1 Å². The Balaban J connectivity index is 2.25. The molecule has 0 aliphatic carbocycles. The van der Waals surface area contributed by atoms with Crippen LogP contribution >= 0.6 is 11.3 Å². The lowest BCUT2D eigenvalue weighted by Crippen LogP contribution is -2.55. The summed E-state index contributed by atoms with van der Waals surface area (Å²) in [6.45, 7) is 6.52. The van der Waals surface area contributed by atoms with Crippen LogP contribution in [0.3, 0.4) is 0 Å². The van der Waals surface area contributed by atoms with Crippen molar-refractivity contribution in [2.75, 3.05) is 13.1 Å². The second kappa shape index (κ2) is 4.44. The molecule has 1 aliphatic rings. The maximum Gasteiger partial charge on any atom is 0.266 e. The van der Waals surface area contributed by atoms with E-state index < -0.39 is 6.04 Å². The summed E-state index contributed by atoms with van der Waals surface area (Å²) in [4.78, 5) is 30.3. The summed E-state index contributed by atoms with van der Waals surface area (Å²) in [5.41, 5.74) is 0.746. The third-order valence-electron chi connectivity index (χ3n) is 2.86. The molecule has 2 rings (SSSR count). The largest absolute Gasteiger partial charge is 0.353 e. The van der Waals surface area contributed by atoms with E-state index in [0.29, 0.717) is 18.0 Å². The van der Waals surface area contributed by atoms with Crippen molar-refractivity contribution in [1.82, 2.24) is 15.2 Å². The Hall–Kier alpha value is -1.43. The molecule has 1 atom stereocenters. The van der Waals surface area contributed by atoms with Gasteiger partial charge in [-0.2, -0.15) is 0 Å². The standard InChI is InChI=1S/C11H15N3O2S/c1-6-9(17-8(3)13-6)11(16)14-5-4-12-10(15)7(14)2/h7H,4-5H2,1-3H3,(H,12,15). The van der Waals surface area contributed by atoms with Gasteiger partial charge in [0.2, 0.25) is 5.91 Å². The molecule has 6 heteroatoms. The highest BCUT2D eigenvalue weighted by atomic mass is 32.1. The van der Waals surface area contributed by atoms with Gasteiger partial charge in [0.25, 0.3) is 5.91 Å². The Morgan fingerprint density at radius 3 is 2.82 bits per heavy atom. The fourth-order valence-electron chi connectivity index (χ4n) is 1.92. The molecule has 1 N–H and O–H groups in total. The maximum atomic E-state index is 12.3. The first-order chi connectivity index (χ1) is 8.00. The molecule has 0 saturated carbocycles. The first kappa shape index (κ1) is 12.0. The Kier molecular flexibility index (Phi) is 3.15. The van der Waals surface area contributed by atoms with Crippen LogP contribution in [0.25, 0.3) is 0 Å². The van der Waals surface area contributed by atoms with Crippen LogP contribution in [0.4, 0.5) is 0 Å². The van der Waals surface area contributed by atoms with E-state index in [-0.39, 0.29) is 11.8 Å². The van der Waals surface area contributed by atoms with E-state index in [1.165, 1.54) is 11.3 Å². The number of rotatable bonds is 1. The Labute approximate surface area is 104 Å². The van der Waals surface area contributed by atoms with Gasteiger partial charge in [-0.15, -0.1) is 11.3 Å². The number of thiazole rings is 1. The summed E-state index contributed by atoms with van der Waals surface area (Å²) in [5.74, 6) is -0.182. The van der Waals surface area contributed by atoms with Gasteiger partial charge in [0.05, 0.1) is 10.7 Å². The molecular formula is C11H15N3O2S. The number of aryl methyl sites for hydroxylation is 2. The summed E-state index contributed by atoms with van der Waals surface area (Å²) >= 11 is 1.39. The van der Waals surface area contributed by atoms with Crippen LogP contribution in [0.5, 0.6) is 0 Å². The minimum atomic E-state index is -0.405. The van der Waals surface area contributed by atoms with E-state index in [1.807, 2.05) is 13.8 Å².